The first-order valence-corrected chi connectivity index (χ1v) is 11.3. The standard InChI is InChI=1S/C28H22N6O/c1-17-9-10-20(15-23(17)27-32-26(33-34-27)18-6-3-2-4-7-18)30-21-11-12-22-24(14-19-8-5-13-29-19)28(35)31-25(22)16-21/h2-16,29-30H,1H3,(H,31,35)(H,32,33,34)/b24-14-. The topological polar surface area (TPSA) is 98.5 Å². The fraction of sp³-hybridized carbons (Fsp3) is 0.0357. The Kier molecular flexibility index (Phi) is 5.00. The Morgan fingerprint density at radius 1 is 0.886 bits per heavy atom. The van der Waals surface area contributed by atoms with Crippen LogP contribution in [0.2, 0.25) is 0 Å². The van der Waals surface area contributed by atoms with E-state index >= 15 is 0 Å². The Balaban J connectivity index is 1.27. The zero-order valence-corrected chi connectivity index (χ0v) is 19.0. The van der Waals surface area contributed by atoms with Gasteiger partial charge in [-0.2, -0.15) is 5.10 Å². The van der Waals surface area contributed by atoms with Crippen LogP contribution in [0.25, 0.3) is 34.4 Å². The van der Waals surface area contributed by atoms with Crippen molar-refractivity contribution in [1.29, 1.82) is 0 Å². The number of fused-ring (bicyclic) bond motifs is 1. The van der Waals surface area contributed by atoms with E-state index in [2.05, 4.69) is 31.9 Å². The van der Waals surface area contributed by atoms with Gasteiger partial charge in [-0.3, -0.25) is 9.89 Å². The molecule has 170 valence electrons. The molecule has 0 atom stereocenters. The molecule has 1 aliphatic rings. The van der Waals surface area contributed by atoms with E-state index in [1.165, 1.54) is 0 Å². The summed E-state index contributed by atoms with van der Waals surface area (Å²) in [7, 11) is 0. The number of hydrogen-bond donors (Lipinski definition) is 4. The summed E-state index contributed by atoms with van der Waals surface area (Å²) in [4.78, 5) is 20.4. The Hall–Kier alpha value is -4.91. The lowest BCUT2D eigenvalue weighted by atomic mass is 10.0. The van der Waals surface area contributed by atoms with E-state index in [9.17, 15) is 4.79 Å². The van der Waals surface area contributed by atoms with Gasteiger partial charge in [-0.1, -0.05) is 42.5 Å². The predicted molar refractivity (Wildman–Crippen MR) is 139 cm³/mol. The second-order valence-corrected chi connectivity index (χ2v) is 8.43. The van der Waals surface area contributed by atoms with Crippen molar-refractivity contribution in [2.75, 3.05) is 10.6 Å². The number of aromatic amines is 2. The average molecular weight is 459 g/mol. The average Bonchev–Trinajstić information content (AvgIpc) is 3.62. The molecular weight excluding hydrogens is 436 g/mol. The van der Waals surface area contributed by atoms with Crippen LogP contribution in [0.5, 0.6) is 0 Å². The number of H-pyrrole nitrogens is 2. The summed E-state index contributed by atoms with van der Waals surface area (Å²) < 4.78 is 0. The lowest BCUT2D eigenvalue weighted by Crippen LogP contribution is -2.03. The second-order valence-electron chi connectivity index (χ2n) is 8.43. The molecule has 1 amide bonds. The van der Waals surface area contributed by atoms with Crippen molar-refractivity contribution >= 4 is 34.6 Å². The molecule has 0 unspecified atom stereocenters. The molecule has 7 nitrogen and oxygen atoms in total. The molecule has 5 aromatic rings. The summed E-state index contributed by atoms with van der Waals surface area (Å²) in [6.07, 6.45) is 3.70. The largest absolute Gasteiger partial charge is 0.362 e. The Bertz CT molecular complexity index is 1560. The van der Waals surface area contributed by atoms with Crippen molar-refractivity contribution in [3.05, 3.63) is 102 Å². The number of nitrogens with one attached hydrogen (secondary N) is 4. The van der Waals surface area contributed by atoms with E-state index in [1.54, 1.807) is 0 Å². The highest BCUT2D eigenvalue weighted by molar-refractivity contribution is 6.35. The number of carbonyl (C=O) groups excluding carboxylic acids is 1. The molecule has 7 heteroatoms. The summed E-state index contributed by atoms with van der Waals surface area (Å²) in [5, 5.41) is 13.9. The maximum absolute atomic E-state index is 12.5. The molecule has 4 N–H and O–H groups in total. The van der Waals surface area contributed by atoms with Gasteiger partial charge in [-0.05, 0) is 55.0 Å². The molecular formula is C28H22N6O. The van der Waals surface area contributed by atoms with Crippen LogP contribution in [0.3, 0.4) is 0 Å². The van der Waals surface area contributed by atoms with Gasteiger partial charge in [0.25, 0.3) is 5.91 Å². The highest BCUT2D eigenvalue weighted by Crippen LogP contribution is 2.36. The molecule has 6 rings (SSSR count). The van der Waals surface area contributed by atoms with E-state index in [0.29, 0.717) is 17.2 Å². The molecule has 0 saturated heterocycles. The van der Waals surface area contributed by atoms with Gasteiger partial charge in [0.15, 0.2) is 11.6 Å². The van der Waals surface area contributed by atoms with Crippen LogP contribution in [-0.4, -0.2) is 26.1 Å². The minimum Gasteiger partial charge on any atom is -0.362 e. The first-order valence-electron chi connectivity index (χ1n) is 11.3. The molecule has 0 spiro atoms. The number of amides is 1. The van der Waals surface area contributed by atoms with Gasteiger partial charge >= 0.3 is 0 Å². The maximum Gasteiger partial charge on any atom is 0.256 e. The predicted octanol–water partition coefficient (Wildman–Crippen LogP) is 6.01. The number of anilines is 3. The van der Waals surface area contributed by atoms with Crippen LogP contribution >= 0.6 is 0 Å². The second kappa shape index (κ2) is 8.46. The summed E-state index contributed by atoms with van der Waals surface area (Å²) in [6.45, 7) is 2.05. The molecule has 2 aromatic heterocycles. The molecule has 0 bridgehead atoms. The lowest BCUT2D eigenvalue weighted by Gasteiger charge is -2.11. The summed E-state index contributed by atoms with van der Waals surface area (Å²) in [5.74, 6) is 1.27. The van der Waals surface area contributed by atoms with E-state index in [0.717, 1.165) is 45.0 Å². The van der Waals surface area contributed by atoms with Crippen molar-refractivity contribution in [2.24, 2.45) is 0 Å². The van der Waals surface area contributed by atoms with Gasteiger partial charge in [0.2, 0.25) is 0 Å². The molecule has 0 aliphatic carbocycles. The van der Waals surface area contributed by atoms with Gasteiger partial charge in [-0.15, -0.1) is 0 Å². The van der Waals surface area contributed by atoms with E-state index in [-0.39, 0.29) is 5.91 Å². The Morgan fingerprint density at radius 2 is 1.71 bits per heavy atom. The Morgan fingerprint density at radius 3 is 2.54 bits per heavy atom. The van der Waals surface area contributed by atoms with Crippen LogP contribution in [0, 0.1) is 6.92 Å². The lowest BCUT2D eigenvalue weighted by molar-refractivity contribution is -0.110. The van der Waals surface area contributed by atoms with Crippen LogP contribution in [0.15, 0.2) is 85.1 Å². The van der Waals surface area contributed by atoms with Gasteiger partial charge < -0.3 is 15.6 Å². The molecule has 3 heterocycles. The normalized spacial score (nSPS) is 13.6. The quantitative estimate of drug-likeness (QED) is 0.242. The van der Waals surface area contributed by atoms with Crippen LogP contribution in [-0.2, 0) is 4.79 Å². The van der Waals surface area contributed by atoms with Crippen molar-refractivity contribution < 1.29 is 4.79 Å². The molecule has 3 aromatic carbocycles. The van der Waals surface area contributed by atoms with Crippen LogP contribution in [0.1, 0.15) is 16.8 Å². The molecule has 0 fully saturated rings. The fourth-order valence-corrected chi connectivity index (χ4v) is 4.23. The number of nitrogens with zero attached hydrogens (tertiary/aromatic N) is 2. The van der Waals surface area contributed by atoms with E-state index < -0.39 is 0 Å². The van der Waals surface area contributed by atoms with Crippen molar-refractivity contribution in [3.8, 4) is 22.8 Å². The van der Waals surface area contributed by atoms with Gasteiger partial charge in [0, 0.05) is 40.0 Å². The third kappa shape index (κ3) is 4.00. The third-order valence-electron chi connectivity index (χ3n) is 6.02. The van der Waals surface area contributed by atoms with Crippen molar-refractivity contribution in [3.63, 3.8) is 0 Å². The molecule has 0 saturated carbocycles. The number of hydrogen-bond acceptors (Lipinski definition) is 4. The van der Waals surface area contributed by atoms with Gasteiger partial charge in [-0.25, -0.2) is 4.98 Å². The summed E-state index contributed by atoms with van der Waals surface area (Å²) in [5.41, 5.74) is 8.01. The zero-order chi connectivity index (χ0) is 23.8. The first-order chi connectivity index (χ1) is 17.1. The van der Waals surface area contributed by atoms with E-state index in [4.69, 9.17) is 4.98 Å². The molecule has 1 aliphatic heterocycles. The fourth-order valence-electron chi connectivity index (χ4n) is 4.23. The smallest absolute Gasteiger partial charge is 0.256 e. The summed E-state index contributed by atoms with van der Waals surface area (Å²) >= 11 is 0. The summed E-state index contributed by atoms with van der Waals surface area (Å²) in [6, 6.07) is 25.7. The van der Waals surface area contributed by atoms with Crippen LogP contribution < -0.4 is 10.6 Å². The number of carbonyl (C=O) groups is 1. The SMILES string of the molecule is Cc1ccc(Nc2ccc3c(c2)NC(=O)/C3=C\c2ccc[nH]2)cc1-c1nc(-c2ccccc2)n[nH]1. The van der Waals surface area contributed by atoms with Gasteiger partial charge in [0.05, 0.1) is 11.3 Å². The molecule has 35 heavy (non-hydrogen) atoms. The zero-order valence-electron chi connectivity index (χ0n) is 19.0. The van der Waals surface area contributed by atoms with Crippen molar-refractivity contribution in [2.45, 2.75) is 6.92 Å². The monoisotopic (exact) mass is 458 g/mol. The van der Waals surface area contributed by atoms with Crippen LogP contribution in [0.4, 0.5) is 17.1 Å². The minimum atomic E-state index is -0.107. The van der Waals surface area contributed by atoms with E-state index in [1.807, 2.05) is 92.0 Å². The number of benzene rings is 3. The highest BCUT2D eigenvalue weighted by Gasteiger charge is 2.24. The number of aryl methyl sites for hydroxylation is 1. The maximum atomic E-state index is 12.5. The number of rotatable bonds is 5. The van der Waals surface area contributed by atoms with Gasteiger partial charge in [0.1, 0.15) is 0 Å². The molecule has 0 radical (unpaired) electrons. The first kappa shape index (κ1) is 20.7. The van der Waals surface area contributed by atoms with Crippen molar-refractivity contribution in [1.82, 2.24) is 20.2 Å². The third-order valence-corrected chi connectivity index (χ3v) is 6.02. The minimum absolute atomic E-state index is 0.107. The number of aromatic nitrogens is 4. The Labute approximate surface area is 202 Å². The highest BCUT2D eigenvalue weighted by atomic mass is 16.2.